The zero-order valence-corrected chi connectivity index (χ0v) is 8.56. The minimum atomic E-state index is 0.560. The summed E-state index contributed by atoms with van der Waals surface area (Å²) in [6, 6.07) is 0. The van der Waals surface area contributed by atoms with Gasteiger partial charge in [-0.1, -0.05) is 39.5 Å². The lowest BCUT2D eigenvalue weighted by Crippen LogP contribution is -2.06. The Morgan fingerprint density at radius 2 is 1.75 bits per heavy atom. The van der Waals surface area contributed by atoms with Crippen LogP contribution in [0.1, 0.15) is 33.6 Å². The third kappa shape index (κ3) is 4.22. The van der Waals surface area contributed by atoms with Crippen LogP contribution in [0.15, 0.2) is 24.4 Å². The van der Waals surface area contributed by atoms with Crippen molar-refractivity contribution in [3.63, 3.8) is 0 Å². The zero-order chi connectivity index (χ0) is 9.72. The molecule has 0 saturated heterocycles. The second kappa shape index (κ2) is 5.02. The first-order chi connectivity index (χ1) is 5.45. The number of hydrogen-bond donors (Lipinski definition) is 1. The van der Waals surface area contributed by atoms with E-state index in [4.69, 9.17) is 5.73 Å². The second-order valence-electron chi connectivity index (χ2n) is 3.83. The molecule has 0 spiro atoms. The summed E-state index contributed by atoms with van der Waals surface area (Å²) in [6.45, 7) is 14.3. The van der Waals surface area contributed by atoms with Crippen molar-refractivity contribution in [2.75, 3.05) is 0 Å². The summed E-state index contributed by atoms with van der Waals surface area (Å²) in [4.78, 5) is 0. The van der Waals surface area contributed by atoms with E-state index < -0.39 is 0 Å². The number of allylic oxidation sites excluding steroid dienone is 2. The molecule has 0 aliphatic heterocycles. The van der Waals surface area contributed by atoms with Crippen molar-refractivity contribution < 1.29 is 0 Å². The van der Waals surface area contributed by atoms with Gasteiger partial charge in [-0.3, -0.25) is 0 Å². The number of rotatable bonds is 5. The molecule has 70 valence electrons. The quantitative estimate of drug-likeness (QED) is 0.626. The summed E-state index contributed by atoms with van der Waals surface area (Å²) in [7, 11) is 0. The Morgan fingerprint density at radius 3 is 2.08 bits per heavy atom. The molecular weight excluding hydrogens is 146 g/mol. The maximum absolute atomic E-state index is 5.49. The summed E-state index contributed by atoms with van der Waals surface area (Å²) < 4.78 is 0. The lowest BCUT2D eigenvalue weighted by Gasteiger charge is -2.17. The highest BCUT2D eigenvalue weighted by Gasteiger charge is 2.09. The monoisotopic (exact) mass is 167 g/mol. The Labute approximate surface area is 76.3 Å². The zero-order valence-electron chi connectivity index (χ0n) is 8.56. The molecule has 2 N–H and O–H groups in total. The van der Waals surface area contributed by atoms with Gasteiger partial charge in [0.1, 0.15) is 0 Å². The van der Waals surface area contributed by atoms with Crippen LogP contribution in [-0.4, -0.2) is 0 Å². The SMILES string of the molecule is C=C(N)CCC(C)C(=C)C(C)C. The summed E-state index contributed by atoms with van der Waals surface area (Å²) in [6.07, 6.45) is 1.99. The van der Waals surface area contributed by atoms with E-state index in [0.717, 1.165) is 18.5 Å². The van der Waals surface area contributed by atoms with Crippen molar-refractivity contribution >= 4 is 0 Å². The van der Waals surface area contributed by atoms with Crippen LogP contribution in [0.2, 0.25) is 0 Å². The van der Waals surface area contributed by atoms with Crippen LogP contribution in [0.3, 0.4) is 0 Å². The Kier molecular flexibility index (Phi) is 4.72. The smallest absolute Gasteiger partial charge is 0.000765 e. The second-order valence-corrected chi connectivity index (χ2v) is 3.83. The van der Waals surface area contributed by atoms with Crippen molar-refractivity contribution in [3.8, 4) is 0 Å². The number of nitrogens with two attached hydrogens (primary N) is 1. The van der Waals surface area contributed by atoms with Gasteiger partial charge in [0.15, 0.2) is 0 Å². The molecule has 1 unspecified atom stereocenters. The molecule has 0 heterocycles. The minimum Gasteiger partial charge on any atom is -0.403 e. The summed E-state index contributed by atoms with van der Waals surface area (Å²) in [5.74, 6) is 1.14. The maximum atomic E-state index is 5.49. The van der Waals surface area contributed by atoms with Crippen molar-refractivity contribution in [2.45, 2.75) is 33.6 Å². The molecule has 1 atom stereocenters. The lowest BCUT2D eigenvalue weighted by atomic mass is 9.89. The van der Waals surface area contributed by atoms with Crippen molar-refractivity contribution in [3.05, 3.63) is 24.4 Å². The van der Waals surface area contributed by atoms with Gasteiger partial charge < -0.3 is 5.73 Å². The predicted octanol–water partition coefficient (Wildman–Crippen LogP) is 3.09. The van der Waals surface area contributed by atoms with Crippen LogP contribution in [-0.2, 0) is 0 Å². The van der Waals surface area contributed by atoms with E-state index in [2.05, 4.69) is 33.9 Å². The van der Waals surface area contributed by atoms with E-state index in [1.54, 1.807) is 0 Å². The van der Waals surface area contributed by atoms with E-state index in [1.165, 1.54) is 5.57 Å². The Morgan fingerprint density at radius 1 is 1.25 bits per heavy atom. The van der Waals surface area contributed by atoms with Crippen LogP contribution in [0.25, 0.3) is 0 Å². The predicted molar refractivity (Wildman–Crippen MR) is 55.7 cm³/mol. The highest BCUT2D eigenvalue weighted by molar-refractivity contribution is 5.03. The molecule has 0 rings (SSSR count). The van der Waals surface area contributed by atoms with Gasteiger partial charge in [-0.2, -0.15) is 0 Å². The Bertz CT molecular complexity index is 168. The average molecular weight is 167 g/mol. The average Bonchev–Trinajstić information content (AvgIpc) is 1.98. The summed E-state index contributed by atoms with van der Waals surface area (Å²) in [5, 5.41) is 0. The molecule has 0 aromatic heterocycles. The molecule has 0 aromatic carbocycles. The molecule has 0 aromatic rings. The van der Waals surface area contributed by atoms with Crippen LogP contribution in [0, 0.1) is 11.8 Å². The van der Waals surface area contributed by atoms with Gasteiger partial charge in [0.2, 0.25) is 0 Å². The number of hydrogen-bond acceptors (Lipinski definition) is 1. The largest absolute Gasteiger partial charge is 0.403 e. The fourth-order valence-corrected chi connectivity index (χ4v) is 1.16. The third-order valence-corrected chi connectivity index (χ3v) is 2.27. The van der Waals surface area contributed by atoms with Gasteiger partial charge in [0, 0.05) is 5.70 Å². The first-order valence-electron chi connectivity index (χ1n) is 4.57. The molecule has 1 heteroatoms. The first kappa shape index (κ1) is 11.3. The standard InChI is InChI=1S/C11H21N/c1-8(2)11(5)9(3)6-7-10(4)12/h8-9H,4-7,12H2,1-3H3. The van der Waals surface area contributed by atoms with Crippen molar-refractivity contribution in [2.24, 2.45) is 17.6 Å². The van der Waals surface area contributed by atoms with E-state index in [-0.39, 0.29) is 0 Å². The van der Waals surface area contributed by atoms with Gasteiger partial charge >= 0.3 is 0 Å². The molecule has 0 aliphatic carbocycles. The maximum Gasteiger partial charge on any atom is 0.000765 e. The van der Waals surface area contributed by atoms with Gasteiger partial charge in [-0.05, 0) is 24.7 Å². The Balaban J connectivity index is 3.79. The lowest BCUT2D eigenvalue weighted by molar-refractivity contribution is 0.545. The summed E-state index contributed by atoms with van der Waals surface area (Å²) >= 11 is 0. The molecule has 0 aliphatic rings. The van der Waals surface area contributed by atoms with E-state index in [0.29, 0.717) is 11.8 Å². The minimum absolute atomic E-state index is 0.560. The molecule has 12 heavy (non-hydrogen) atoms. The highest BCUT2D eigenvalue weighted by atomic mass is 14.6. The molecule has 0 fully saturated rings. The molecular formula is C11H21N. The topological polar surface area (TPSA) is 26.0 Å². The molecule has 0 bridgehead atoms. The fraction of sp³-hybridized carbons (Fsp3) is 0.636. The van der Waals surface area contributed by atoms with Gasteiger partial charge in [0.25, 0.3) is 0 Å². The van der Waals surface area contributed by atoms with Gasteiger partial charge in [-0.15, -0.1) is 0 Å². The first-order valence-corrected chi connectivity index (χ1v) is 4.57. The van der Waals surface area contributed by atoms with Crippen LogP contribution >= 0.6 is 0 Å². The van der Waals surface area contributed by atoms with E-state index in [1.807, 2.05) is 0 Å². The molecule has 1 nitrogen and oxygen atoms in total. The van der Waals surface area contributed by atoms with Crippen molar-refractivity contribution in [1.29, 1.82) is 0 Å². The van der Waals surface area contributed by atoms with Gasteiger partial charge in [-0.25, -0.2) is 0 Å². The fourth-order valence-electron chi connectivity index (χ4n) is 1.16. The molecule has 0 saturated carbocycles. The van der Waals surface area contributed by atoms with Crippen LogP contribution in [0.5, 0.6) is 0 Å². The van der Waals surface area contributed by atoms with Gasteiger partial charge in [0.05, 0.1) is 0 Å². The van der Waals surface area contributed by atoms with Crippen LogP contribution in [0.4, 0.5) is 0 Å². The van der Waals surface area contributed by atoms with E-state index >= 15 is 0 Å². The highest BCUT2D eigenvalue weighted by Crippen LogP contribution is 2.22. The molecule has 0 amide bonds. The molecule has 0 radical (unpaired) electrons. The third-order valence-electron chi connectivity index (χ3n) is 2.27. The Hall–Kier alpha value is -0.720. The normalized spacial score (nSPS) is 13.0. The van der Waals surface area contributed by atoms with E-state index in [9.17, 15) is 0 Å². The summed E-state index contributed by atoms with van der Waals surface area (Å²) in [5.41, 5.74) is 7.59. The van der Waals surface area contributed by atoms with Crippen LogP contribution < -0.4 is 5.73 Å². The van der Waals surface area contributed by atoms with Crippen molar-refractivity contribution in [1.82, 2.24) is 0 Å².